The fraction of sp³-hybridized carbons (Fsp3) is 0.667. The number of anilines is 1. The van der Waals surface area contributed by atoms with Gasteiger partial charge in [-0.05, 0) is 50.0 Å². The summed E-state index contributed by atoms with van der Waals surface area (Å²) in [7, 11) is 3.88. The zero-order valence-corrected chi connectivity index (χ0v) is 17.5. The van der Waals surface area contributed by atoms with Gasteiger partial charge in [0.1, 0.15) is 0 Å². The molecule has 1 saturated heterocycles. The van der Waals surface area contributed by atoms with Crippen molar-refractivity contribution >= 4 is 11.6 Å². The number of rotatable bonds is 5. The minimum atomic E-state index is -4.41. The molecule has 28 heavy (non-hydrogen) atoms. The van der Waals surface area contributed by atoms with Crippen LogP contribution in [-0.4, -0.2) is 51.1 Å². The van der Waals surface area contributed by atoms with E-state index in [0.717, 1.165) is 6.54 Å². The molecule has 1 fully saturated rings. The van der Waals surface area contributed by atoms with Crippen molar-refractivity contribution in [2.75, 3.05) is 45.2 Å². The van der Waals surface area contributed by atoms with E-state index in [-0.39, 0.29) is 22.9 Å². The first-order chi connectivity index (χ1) is 12.9. The van der Waals surface area contributed by atoms with Crippen LogP contribution in [0.4, 0.5) is 18.9 Å². The number of likely N-dealkylation sites (N-methyl/N-ethyl adjacent to an activating group) is 1. The molecule has 1 aromatic rings. The highest BCUT2D eigenvalue weighted by Gasteiger charge is 2.37. The number of hydrogen-bond donors (Lipinski definition) is 1. The number of carbonyl (C=O) groups excluding carboxylic acids is 1. The number of carbonyl (C=O) groups is 1. The van der Waals surface area contributed by atoms with Crippen molar-refractivity contribution in [3.05, 3.63) is 29.3 Å². The van der Waals surface area contributed by atoms with Gasteiger partial charge in [0.25, 0.3) is 0 Å². The average molecular weight is 400 g/mol. The van der Waals surface area contributed by atoms with Crippen LogP contribution in [0, 0.1) is 5.92 Å². The molecule has 1 amide bonds. The Balaban J connectivity index is 2.08. The quantitative estimate of drug-likeness (QED) is 0.816. The Kier molecular flexibility index (Phi) is 7.02. The SMILES string of the molecule is CN(C)CCNC(=O)C1CCN(c2ccc(C(C)(C)C)cc2C(F)(F)F)CC1. The van der Waals surface area contributed by atoms with Crippen molar-refractivity contribution in [3.8, 4) is 0 Å². The Morgan fingerprint density at radius 2 is 1.79 bits per heavy atom. The maximum Gasteiger partial charge on any atom is 0.418 e. The van der Waals surface area contributed by atoms with Crippen molar-refractivity contribution in [1.82, 2.24) is 10.2 Å². The first-order valence-corrected chi connectivity index (χ1v) is 9.78. The van der Waals surface area contributed by atoms with Gasteiger partial charge in [0.15, 0.2) is 0 Å². The lowest BCUT2D eigenvalue weighted by atomic mass is 9.85. The van der Waals surface area contributed by atoms with Gasteiger partial charge < -0.3 is 15.1 Å². The van der Waals surface area contributed by atoms with Crippen molar-refractivity contribution in [2.24, 2.45) is 5.92 Å². The summed E-state index contributed by atoms with van der Waals surface area (Å²) in [5.74, 6) is -0.137. The van der Waals surface area contributed by atoms with Gasteiger partial charge in [-0.3, -0.25) is 4.79 Å². The standard InChI is InChI=1S/C21H32F3N3O/c1-20(2,3)16-6-7-18(17(14-16)21(22,23)24)27-11-8-15(9-12-27)19(28)25-10-13-26(4)5/h6-7,14-15H,8-13H2,1-5H3,(H,25,28). The molecule has 1 aliphatic heterocycles. The number of amides is 1. The molecule has 0 atom stereocenters. The Hall–Kier alpha value is -1.76. The molecule has 1 aromatic carbocycles. The minimum Gasteiger partial charge on any atom is -0.371 e. The highest BCUT2D eigenvalue weighted by molar-refractivity contribution is 5.79. The summed E-state index contributed by atoms with van der Waals surface area (Å²) in [5, 5.41) is 2.92. The minimum absolute atomic E-state index is 0.000579. The number of hydrogen-bond acceptors (Lipinski definition) is 3. The number of nitrogens with zero attached hydrogens (tertiary/aromatic N) is 2. The van der Waals surface area contributed by atoms with E-state index in [4.69, 9.17) is 0 Å². The molecule has 2 rings (SSSR count). The van der Waals surface area contributed by atoms with E-state index in [1.807, 2.05) is 39.8 Å². The Morgan fingerprint density at radius 3 is 2.29 bits per heavy atom. The summed E-state index contributed by atoms with van der Waals surface area (Å²) in [6, 6.07) is 4.64. The fourth-order valence-electron chi connectivity index (χ4n) is 3.43. The molecule has 0 spiro atoms. The zero-order chi connectivity index (χ0) is 21.1. The van der Waals surface area contributed by atoms with Gasteiger partial charge in [-0.1, -0.05) is 26.8 Å². The van der Waals surface area contributed by atoms with Gasteiger partial charge in [-0.15, -0.1) is 0 Å². The third-order valence-electron chi connectivity index (χ3n) is 5.23. The fourth-order valence-corrected chi connectivity index (χ4v) is 3.43. The van der Waals surface area contributed by atoms with Crippen LogP contribution in [0.1, 0.15) is 44.7 Å². The Labute approximate surface area is 166 Å². The zero-order valence-electron chi connectivity index (χ0n) is 17.5. The molecule has 0 saturated carbocycles. The van der Waals surface area contributed by atoms with Crippen LogP contribution < -0.4 is 10.2 Å². The van der Waals surface area contributed by atoms with Crippen molar-refractivity contribution in [2.45, 2.75) is 45.2 Å². The molecule has 1 N–H and O–H groups in total. The summed E-state index contributed by atoms with van der Waals surface area (Å²) >= 11 is 0. The summed E-state index contributed by atoms with van der Waals surface area (Å²) in [5.41, 5.74) is -0.0598. The Bertz CT molecular complexity index is 672. The maximum atomic E-state index is 13.7. The van der Waals surface area contributed by atoms with Crippen LogP contribution in [0.5, 0.6) is 0 Å². The summed E-state index contributed by atoms with van der Waals surface area (Å²) in [4.78, 5) is 16.0. The van der Waals surface area contributed by atoms with Gasteiger partial charge in [-0.25, -0.2) is 0 Å². The molecule has 158 valence electrons. The normalized spacial score (nSPS) is 16.5. The number of halogens is 3. The van der Waals surface area contributed by atoms with Gasteiger partial charge in [-0.2, -0.15) is 13.2 Å². The van der Waals surface area contributed by atoms with E-state index >= 15 is 0 Å². The largest absolute Gasteiger partial charge is 0.418 e. The molecule has 1 heterocycles. The molecule has 1 aliphatic rings. The van der Waals surface area contributed by atoms with Gasteiger partial charge >= 0.3 is 6.18 Å². The third-order valence-corrected chi connectivity index (χ3v) is 5.23. The van der Waals surface area contributed by atoms with Gasteiger partial charge in [0, 0.05) is 37.8 Å². The molecule has 0 aromatic heterocycles. The number of alkyl halides is 3. The summed E-state index contributed by atoms with van der Waals surface area (Å²) in [6.07, 6.45) is -3.28. The van der Waals surface area contributed by atoms with Crippen LogP contribution in [-0.2, 0) is 16.4 Å². The van der Waals surface area contributed by atoms with Crippen molar-refractivity contribution in [3.63, 3.8) is 0 Å². The lowest BCUT2D eigenvalue weighted by Crippen LogP contribution is -2.42. The average Bonchev–Trinajstić information content (AvgIpc) is 2.59. The van der Waals surface area contributed by atoms with Crippen LogP contribution in [0.2, 0.25) is 0 Å². The van der Waals surface area contributed by atoms with Crippen LogP contribution >= 0.6 is 0 Å². The molecule has 4 nitrogen and oxygen atoms in total. The lowest BCUT2D eigenvalue weighted by Gasteiger charge is -2.35. The molecule has 7 heteroatoms. The lowest BCUT2D eigenvalue weighted by molar-refractivity contribution is -0.137. The van der Waals surface area contributed by atoms with Crippen LogP contribution in [0.25, 0.3) is 0 Å². The van der Waals surface area contributed by atoms with Crippen LogP contribution in [0.3, 0.4) is 0 Å². The second-order valence-electron chi connectivity index (χ2n) is 8.84. The second kappa shape index (κ2) is 8.72. The highest BCUT2D eigenvalue weighted by atomic mass is 19.4. The summed E-state index contributed by atoms with van der Waals surface area (Å²) in [6.45, 7) is 7.96. The molecule has 0 aliphatic carbocycles. The second-order valence-corrected chi connectivity index (χ2v) is 8.84. The molecule has 0 radical (unpaired) electrons. The van der Waals surface area contributed by atoms with Crippen molar-refractivity contribution < 1.29 is 18.0 Å². The highest BCUT2D eigenvalue weighted by Crippen LogP contribution is 2.40. The molecule has 0 bridgehead atoms. The molecular formula is C21H32F3N3O. The van der Waals surface area contributed by atoms with E-state index in [1.165, 1.54) is 6.07 Å². The maximum absolute atomic E-state index is 13.7. The number of benzene rings is 1. The Morgan fingerprint density at radius 1 is 1.18 bits per heavy atom. The molecule has 0 unspecified atom stereocenters. The molecular weight excluding hydrogens is 367 g/mol. The monoisotopic (exact) mass is 399 g/mol. The smallest absolute Gasteiger partial charge is 0.371 e. The summed E-state index contributed by atoms with van der Waals surface area (Å²) < 4.78 is 41.1. The predicted molar refractivity (Wildman–Crippen MR) is 107 cm³/mol. The van der Waals surface area contributed by atoms with Crippen molar-refractivity contribution in [1.29, 1.82) is 0 Å². The predicted octanol–water partition coefficient (Wildman–Crippen LogP) is 3.90. The van der Waals surface area contributed by atoms with E-state index in [9.17, 15) is 18.0 Å². The topological polar surface area (TPSA) is 35.6 Å². The van der Waals surface area contributed by atoms with Gasteiger partial charge in [0.05, 0.1) is 5.56 Å². The van der Waals surface area contributed by atoms with E-state index < -0.39 is 11.7 Å². The van der Waals surface area contributed by atoms with E-state index in [0.29, 0.717) is 38.0 Å². The third kappa shape index (κ3) is 5.87. The van der Waals surface area contributed by atoms with E-state index in [2.05, 4.69) is 5.32 Å². The number of piperidine rings is 1. The first-order valence-electron chi connectivity index (χ1n) is 9.78. The number of nitrogens with one attached hydrogen (secondary N) is 1. The van der Waals surface area contributed by atoms with E-state index in [1.54, 1.807) is 17.0 Å². The first kappa shape index (κ1) is 22.5. The van der Waals surface area contributed by atoms with Gasteiger partial charge in [0.2, 0.25) is 5.91 Å². The van der Waals surface area contributed by atoms with Crippen LogP contribution in [0.15, 0.2) is 18.2 Å².